The summed E-state index contributed by atoms with van der Waals surface area (Å²) in [6.07, 6.45) is 0. The number of nitrogens with zero attached hydrogens (tertiary/aromatic N) is 1. The molecule has 0 heterocycles. The van der Waals surface area contributed by atoms with Crippen LogP contribution in [0.3, 0.4) is 0 Å². The van der Waals surface area contributed by atoms with E-state index in [9.17, 15) is 5.11 Å². The van der Waals surface area contributed by atoms with Crippen LogP contribution in [0, 0.1) is 0 Å². The van der Waals surface area contributed by atoms with Crippen molar-refractivity contribution < 1.29 is 5.11 Å². The summed E-state index contributed by atoms with van der Waals surface area (Å²) in [5.41, 5.74) is 1.21. The van der Waals surface area contributed by atoms with Crippen LogP contribution in [0.1, 0.15) is 5.56 Å². The van der Waals surface area contributed by atoms with Gasteiger partial charge < -0.3 is 5.11 Å². The molecule has 0 atom stereocenters. The van der Waals surface area contributed by atoms with Gasteiger partial charge in [-0.05, 0) is 18.9 Å². The summed E-state index contributed by atoms with van der Waals surface area (Å²) in [5, 5.41) is 16.4. The average Bonchev–Trinajstić information content (AvgIpc) is 2.16. The van der Waals surface area contributed by atoms with E-state index >= 15 is 0 Å². The molecular weight excluding hydrogens is 184 g/mol. The SMILES string of the molecule is C=N/C(=C\SN)c1ccccc1O. The van der Waals surface area contributed by atoms with Gasteiger partial charge in [0.25, 0.3) is 0 Å². The van der Waals surface area contributed by atoms with Gasteiger partial charge in [0.05, 0.1) is 5.70 Å². The van der Waals surface area contributed by atoms with Gasteiger partial charge in [-0.2, -0.15) is 0 Å². The number of hydrogen-bond acceptors (Lipinski definition) is 4. The molecule has 0 aromatic heterocycles. The summed E-state index contributed by atoms with van der Waals surface area (Å²) in [5.74, 6) is 0.176. The molecule has 3 nitrogen and oxygen atoms in total. The van der Waals surface area contributed by atoms with Crippen LogP contribution in [0.2, 0.25) is 0 Å². The molecule has 4 heteroatoms. The van der Waals surface area contributed by atoms with E-state index in [2.05, 4.69) is 11.7 Å². The first kappa shape index (κ1) is 9.83. The molecule has 1 aromatic rings. The molecule has 0 saturated carbocycles. The molecule has 0 aliphatic heterocycles. The molecule has 0 saturated heterocycles. The first-order valence-electron chi connectivity index (χ1n) is 3.60. The highest BCUT2D eigenvalue weighted by molar-refractivity contribution is 8.00. The lowest BCUT2D eigenvalue weighted by molar-refractivity contribution is 0.473. The molecule has 0 aliphatic rings. The van der Waals surface area contributed by atoms with Crippen LogP contribution in [-0.4, -0.2) is 11.8 Å². The molecule has 0 unspecified atom stereocenters. The van der Waals surface area contributed by atoms with Gasteiger partial charge in [0, 0.05) is 11.0 Å². The minimum atomic E-state index is 0.176. The van der Waals surface area contributed by atoms with Crippen molar-refractivity contribution in [2.24, 2.45) is 10.1 Å². The lowest BCUT2D eigenvalue weighted by Gasteiger charge is -2.02. The van der Waals surface area contributed by atoms with E-state index < -0.39 is 0 Å². The van der Waals surface area contributed by atoms with Crippen LogP contribution in [0.15, 0.2) is 34.7 Å². The lowest BCUT2D eigenvalue weighted by atomic mass is 10.1. The minimum Gasteiger partial charge on any atom is -0.507 e. The van der Waals surface area contributed by atoms with Crippen LogP contribution < -0.4 is 5.14 Å². The number of rotatable bonds is 3. The van der Waals surface area contributed by atoms with E-state index in [4.69, 9.17) is 5.14 Å². The zero-order chi connectivity index (χ0) is 9.68. The molecule has 0 aliphatic carbocycles. The van der Waals surface area contributed by atoms with E-state index in [1.807, 2.05) is 6.07 Å². The Kier molecular flexibility index (Phi) is 3.54. The van der Waals surface area contributed by atoms with Crippen molar-refractivity contribution >= 4 is 24.4 Å². The third-order valence-corrected chi connectivity index (χ3v) is 1.89. The third-order valence-electron chi connectivity index (χ3n) is 1.53. The molecule has 0 spiro atoms. The Morgan fingerprint density at radius 2 is 2.23 bits per heavy atom. The Bertz CT molecular complexity index is 336. The maximum Gasteiger partial charge on any atom is 0.124 e. The first-order valence-corrected chi connectivity index (χ1v) is 4.54. The Morgan fingerprint density at radius 3 is 2.77 bits per heavy atom. The summed E-state index contributed by atoms with van der Waals surface area (Å²) in [7, 11) is 0. The van der Waals surface area contributed by atoms with Gasteiger partial charge in [-0.1, -0.05) is 24.1 Å². The van der Waals surface area contributed by atoms with Crippen molar-refractivity contribution in [1.29, 1.82) is 0 Å². The third kappa shape index (κ3) is 2.34. The summed E-state index contributed by atoms with van der Waals surface area (Å²) < 4.78 is 0. The smallest absolute Gasteiger partial charge is 0.124 e. The van der Waals surface area contributed by atoms with Gasteiger partial charge in [-0.15, -0.1) is 0 Å². The van der Waals surface area contributed by atoms with E-state index in [1.165, 1.54) is 0 Å². The van der Waals surface area contributed by atoms with Gasteiger partial charge in [-0.25, -0.2) is 0 Å². The molecule has 1 aromatic carbocycles. The molecule has 13 heavy (non-hydrogen) atoms. The van der Waals surface area contributed by atoms with Crippen molar-refractivity contribution in [3.05, 3.63) is 35.2 Å². The van der Waals surface area contributed by atoms with E-state index in [0.717, 1.165) is 11.9 Å². The Morgan fingerprint density at radius 1 is 1.54 bits per heavy atom. The summed E-state index contributed by atoms with van der Waals surface area (Å²) >= 11 is 1.03. The Balaban J connectivity index is 3.12. The van der Waals surface area contributed by atoms with Gasteiger partial charge in [0.2, 0.25) is 0 Å². The number of nitrogens with two attached hydrogens (primary N) is 1. The molecule has 1 rings (SSSR count). The highest BCUT2D eigenvalue weighted by Crippen LogP contribution is 2.26. The Labute approximate surface area is 81.1 Å². The van der Waals surface area contributed by atoms with Crippen molar-refractivity contribution in [2.75, 3.05) is 0 Å². The zero-order valence-electron chi connectivity index (χ0n) is 6.97. The van der Waals surface area contributed by atoms with Gasteiger partial charge in [0.1, 0.15) is 5.75 Å². The van der Waals surface area contributed by atoms with Crippen LogP contribution >= 0.6 is 11.9 Å². The van der Waals surface area contributed by atoms with Crippen molar-refractivity contribution in [3.63, 3.8) is 0 Å². The number of benzene rings is 1. The molecule has 0 amide bonds. The van der Waals surface area contributed by atoms with E-state index in [0.29, 0.717) is 11.3 Å². The van der Waals surface area contributed by atoms with Crippen molar-refractivity contribution in [3.8, 4) is 5.75 Å². The number of phenolic OH excluding ortho intramolecular Hbond substituents is 1. The number of aliphatic imine (C=N–C) groups is 1. The number of phenols is 1. The second kappa shape index (κ2) is 4.69. The van der Waals surface area contributed by atoms with Crippen LogP contribution in [0.4, 0.5) is 0 Å². The summed E-state index contributed by atoms with van der Waals surface area (Å²) in [4.78, 5) is 3.76. The lowest BCUT2D eigenvalue weighted by Crippen LogP contribution is -1.82. The van der Waals surface area contributed by atoms with Crippen LogP contribution in [0.5, 0.6) is 5.75 Å². The number of aromatic hydroxyl groups is 1. The van der Waals surface area contributed by atoms with Crippen LogP contribution in [-0.2, 0) is 0 Å². The fraction of sp³-hybridized carbons (Fsp3) is 0. The van der Waals surface area contributed by atoms with Crippen molar-refractivity contribution in [2.45, 2.75) is 0 Å². The summed E-state index contributed by atoms with van der Waals surface area (Å²) in [6.45, 7) is 3.40. The molecule has 0 bridgehead atoms. The second-order valence-electron chi connectivity index (χ2n) is 2.31. The van der Waals surface area contributed by atoms with Gasteiger partial charge in [0.15, 0.2) is 0 Å². The quantitative estimate of drug-likeness (QED) is 0.571. The number of hydrogen-bond donors (Lipinski definition) is 2. The number of para-hydroxylation sites is 1. The molecule has 3 N–H and O–H groups in total. The maximum absolute atomic E-state index is 9.46. The fourth-order valence-corrected chi connectivity index (χ4v) is 1.27. The highest BCUT2D eigenvalue weighted by atomic mass is 32.2. The predicted octanol–water partition coefficient (Wildman–Crippen LogP) is 2.00. The van der Waals surface area contributed by atoms with Gasteiger partial charge in [-0.3, -0.25) is 10.1 Å². The second-order valence-corrected chi connectivity index (χ2v) is 2.82. The monoisotopic (exact) mass is 194 g/mol. The Hall–Kier alpha value is -1.26. The van der Waals surface area contributed by atoms with Gasteiger partial charge >= 0.3 is 0 Å². The molecule has 0 radical (unpaired) electrons. The molecule has 0 fully saturated rings. The van der Waals surface area contributed by atoms with E-state index in [-0.39, 0.29) is 5.75 Å². The highest BCUT2D eigenvalue weighted by Gasteiger charge is 2.03. The zero-order valence-corrected chi connectivity index (χ0v) is 7.79. The standard InChI is InChI=1S/C9H10N2OS/c1-11-8(6-13-10)7-4-2-3-5-9(7)12/h2-6,12H,1,10H2/b8-6-. The summed E-state index contributed by atoms with van der Waals surface area (Å²) in [6, 6.07) is 6.91. The van der Waals surface area contributed by atoms with Crippen molar-refractivity contribution in [1.82, 2.24) is 0 Å². The molecule has 68 valence electrons. The van der Waals surface area contributed by atoms with Crippen LogP contribution in [0.25, 0.3) is 5.70 Å². The average molecular weight is 194 g/mol. The molecular formula is C9H10N2OS. The predicted molar refractivity (Wildman–Crippen MR) is 57.4 cm³/mol. The fourth-order valence-electron chi connectivity index (χ4n) is 0.941. The first-order chi connectivity index (χ1) is 6.29. The minimum absolute atomic E-state index is 0.176. The maximum atomic E-state index is 9.46. The topological polar surface area (TPSA) is 58.6 Å². The normalized spacial score (nSPS) is 11.3. The van der Waals surface area contributed by atoms with E-state index in [1.54, 1.807) is 23.6 Å². The largest absolute Gasteiger partial charge is 0.507 e.